The van der Waals surface area contributed by atoms with Gasteiger partial charge in [-0.1, -0.05) is 6.07 Å². The van der Waals surface area contributed by atoms with Gasteiger partial charge in [-0.25, -0.2) is 8.78 Å². The number of nitrogens with one attached hydrogen (secondary N) is 1. The maximum absolute atomic E-state index is 13.2. The molecule has 2 nitrogen and oxygen atoms in total. The number of hydrogen-bond donors (Lipinski definition) is 1. The molecule has 0 fully saturated rings. The van der Waals surface area contributed by atoms with Crippen molar-refractivity contribution in [2.24, 2.45) is 0 Å². The first-order valence-corrected chi connectivity index (χ1v) is 4.83. The van der Waals surface area contributed by atoms with Gasteiger partial charge in [-0.05, 0) is 23.8 Å². The molecule has 0 amide bonds. The molecule has 0 radical (unpaired) electrons. The Labute approximate surface area is 92.0 Å². The predicted molar refractivity (Wildman–Crippen MR) is 57.9 cm³/mol. The molecule has 1 aromatic heterocycles. The van der Waals surface area contributed by atoms with Crippen LogP contribution in [0.2, 0.25) is 0 Å². The largest absolute Gasteiger partial charge is 0.379 e. The van der Waals surface area contributed by atoms with Crippen LogP contribution in [-0.4, -0.2) is 4.98 Å². The summed E-state index contributed by atoms with van der Waals surface area (Å²) >= 11 is 0. The Hall–Kier alpha value is -1.97. The molecule has 2 rings (SSSR count). The van der Waals surface area contributed by atoms with Gasteiger partial charge in [0, 0.05) is 25.0 Å². The minimum absolute atomic E-state index is 0.283. The highest BCUT2D eigenvalue weighted by atomic mass is 19.1. The molecule has 1 heterocycles. The molecule has 0 saturated heterocycles. The highest BCUT2D eigenvalue weighted by molar-refractivity contribution is 5.45. The van der Waals surface area contributed by atoms with Gasteiger partial charge >= 0.3 is 0 Å². The Kier molecular flexibility index (Phi) is 3.10. The van der Waals surface area contributed by atoms with Crippen molar-refractivity contribution in [3.8, 4) is 0 Å². The second kappa shape index (κ2) is 4.70. The van der Waals surface area contributed by atoms with Gasteiger partial charge in [0.25, 0.3) is 0 Å². The fourth-order valence-corrected chi connectivity index (χ4v) is 1.33. The van der Waals surface area contributed by atoms with E-state index < -0.39 is 11.6 Å². The molecular weight excluding hydrogens is 210 g/mol. The van der Waals surface area contributed by atoms with Crippen molar-refractivity contribution in [1.82, 2.24) is 4.98 Å². The van der Waals surface area contributed by atoms with Gasteiger partial charge < -0.3 is 5.32 Å². The van der Waals surface area contributed by atoms with Gasteiger partial charge in [0.2, 0.25) is 0 Å². The van der Waals surface area contributed by atoms with Crippen LogP contribution < -0.4 is 5.32 Å². The zero-order chi connectivity index (χ0) is 11.4. The van der Waals surface area contributed by atoms with Crippen LogP contribution in [0.15, 0.2) is 42.7 Å². The van der Waals surface area contributed by atoms with Crippen LogP contribution in [0.3, 0.4) is 0 Å². The summed E-state index contributed by atoms with van der Waals surface area (Å²) in [6, 6.07) is 7.13. The topological polar surface area (TPSA) is 24.9 Å². The predicted octanol–water partition coefficient (Wildman–Crippen LogP) is 2.97. The lowest BCUT2D eigenvalue weighted by Gasteiger charge is -2.07. The molecule has 4 heteroatoms. The second-order valence-corrected chi connectivity index (χ2v) is 3.34. The van der Waals surface area contributed by atoms with Crippen LogP contribution >= 0.6 is 0 Å². The molecule has 0 unspecified atom stereocenters. The highest BCUT2D eigenvalue weighted by Gasteiger charge is 2.02. The van der Waals surface area contributed by atoms with Crippen molar-refractivity contribution in [3.63, 3.8) is 0 Å². The number of anilines is 1. The second-order valence-electron chi connectivity index (χ2n) is 3.34. The first-order chi connectivity index (χ1) is 7.75. The normalized spacial score (nSPS) is 10.1. The summed E-state index contributed by atoms with van der Waals surface area (Å²) < 4.78 is 25.9. The summed E-state index contributed by atoms with van der Waals surface area (Å²) in [5.41, 5.74) is 1.22. The van der Waals surface area contributed by atoms with Crippen LogP contribution in [-0.2, 0) is 6.54 Å². The van der Waals surface area contributed by atoms with E-state index in [9.17, 15) is 8.78 Å². The standard InChI is InChI=1S/C12H10F2N2/c13-10-3-4-12(11(14)6-10)16-8-9-2-1-5-15-7-9/h1-7,16H,8H2. The molecular formula is C12H10F2N2. The maximum Gasteiger partial charge on any atom is 0.149 e. The average molecular weight is 220 g/mol. The number of hydrogen-bond acceptors (Lipinski definition) is 2. The lowest BCUT2D eigenvalue weighted by molar-refractivity contribution is 0.585. The Morgan fingerprint density at radius 3 is 2.75 bits per heavy atom. The Morgan fingerprint density at radius 1 is 1.19 bits per heavy atom. The quantitative estimate of drug-likeness (QED) is 0.860. The van der Waals surface area contributed by atoms with E-state index in [2.05, 4.69) is 10.3 Å². The zero-order valence-electron chi connectivity index (χ0n) is 8.45. The molecule has 0 aliphatic heterocycles. The first kappa shape index (κ1) is 10.5. The van der Waals surface area contributed by atoms with E-state index in [-0.39, 0.29) is 5.69 Å². The lowest BCUT2D eigenvalue weighted by atomic mass is 10.2. The molecule has 0 atom stereocenters. The third kappa shape index (κ3) is 2.53. The van der Waals surface area contributed by atoms with Gasteiger partial charge in [0.15, 0.2) is 0 Å². The molecule has 2 aromatic rings. The van der Waals surface area contributed by atoms with E-state index in [0.717, 1.165) is 11.6 Å². The van der Waals surface area contributed by atoms with Crippen LogP contribution in [0.4, 0.5) is 14.5 Å². The van der Waals surface area contributed by atoms with Crippen molar-refractivity contribution in [2.75, 3.05) is 5.32 Å². The van der Waals surface area contributed by atoms with E-state index in [0.29, 0.717) is 6.54 Å². The number of halogens is 2. The molecule has 1 N–H and O–H groups in total. The maximum atomic E-state index is 13.2. The Bertz CT molecular complexity index is 472. The number of rotatable bonds is 3. The van der Waals surface area contributed by atoms with Crippen LogP contribution in [0, 0.1) is 11.6 Å². The van der Waals surface area contributed by atoms with E-state index in [1.54, 1.807) is 18.5 Å². The summed E-state index contributed by atoms with van der Waals surface area (Å²) in [7, 11) is 0. The van der Waals surface area contributed by atoms with Gasteiger partial charge in [0.05, 0.1) is 5.69 Å². The third-order valence-corrected chi connectivity index (χ3v) is 2.14. The van der Waals surface area contributed by atoms with E-state index >= 15 is 0 Å². The van der Waals surface area contributed by atoms with Gasteiger partial charge in [-0.3, -0.25) is 4.98 Å². The minimum atomic E-state index is -0.594. The molecule has 0 aliphatic rings. The number of benzene rings is 1. The molecule has 0 aliphatic carbocycles. The molecule has 0 bridgehead atoms. The monoisotopic (exact) mass is 220 g/mol. The van der Waals surface area contributed by atoms with Crippen molar-refractivity contribution in [2.45, 2.75) is 6.54 Å². The van der Waals surface area contributed by atoms with Crippen LogP contribution in [0.1, 0.15) is 5.56 Å². The molecule has 16 heavy (non-hydrogen) atoms. The summed E-state index contributed by atoms with van der Waals surface area (Å²) in [4.78, 5) is 3.94. The molecule has 0 spiro atoms. The summed E-state index contributed by atoms with van der Waals surface area (Å²) in [5.74, 6) is -1.17. The van der Waals surface area contributed by atoms with E-state index in [4.69, 9.17) is 0 Å². The summed E-state index contributed by atoms with van der Waals surface area (Å²) in [5, 5.41) is 2.87. The fourth-order valence-electron chi connectivity index (χ4n) is 1.33. The molecule has 0 saturated carbocycles. The SMILES string of the molecule is Fc1ccc(NCc2cccnc2)c(F)c1. The van der Waals surface area contributed by atoms with E-state index in [1.807, 2.05) is 6.07 Å². The van der Waals surface area contributed by atoms with Gasteiger partial charge in [-0.2, -0.15) is 0 Å². The highest BCUT2D eigenvalue weighted by Crippen LogP contribution is 2.15. The Balaban J connectivity index is 2.05. The van der Waals surface area contributed by atoms with Gasteiger partial charge in [0.1, 0.15) is 11.6 Å². The average Bonchev–Trinajstić information content (AvgIpc) is 2.29. The van der Waals surface area contributed by atoms with E-state index in [1.165, 1.54) is 12.1 Å². The van der Waals surface area contributed by atoms with Crippen molar-refractivity contribution < 1.29 is 8.78 Å². The van der Waals surface area contributed by atoms with Crippen LogP contribution in [0.5, 0.6) is 0 Å². The zero-order valence-corrected chi connectivity index (χ0v) is 8.45. The summed E-state index contributed by atoms with van der Waals surface area (Å²) in [6.45, 7) is 0.455. The van der Waals surface area contributed by atoms with Crippen molar-refractivity contribution in [1.29, 1.82) is 0 Å². The van der Waals surface area contributed by atoms with Crippen molar-refractivity contribution in [3.05, 3.63) is 59.9 Å². The molecule has 82 valence electrons. The molecule has 1 aromatic carbocycles. The first-order valence-electron chi connectivity index (χ1n) is 4.83. The smallest absolute Gasteiger partial charge is 0.149 e. The Morgan fingerprint density at radius 2 is 2.06 bits per heavy atom. The van der Waals surface area contributed by atoms with Gasteiger partial charge in [-0.15, -0.1) is 0 Å². The van der Waals surface area contributed by atoms with Crippen molar-refractivity contribution >= 4 is 5.69 Å². The third-order valence-electron chi connectivity index (χ3n) is 2.14. The number of pyridine rings is 1. The lowest BCUT2D eigenvalue weighted by Crippen LogP contribution is -2.01. The summed E-state index contributed by atoms with van der Waals surface area (Å²) in [6.07, 6.45) is 3.36. The number of nitrogens with zero attached hydrogens (tertiary/aromatic N) is 1. The minimum Gasteiger partial charge on any atom is -0.379 e. The fraction of sp³-hybridized carbons (Fsp3) is 0.0833. The van der Waals surface area contributed by atoms with Crippen LogP contribution in [0.25, 0.3) is 0 Å². The number of aromatic nitrogens is 1.